The van der Waals surface area contributed by atoms with Crippen molar-refractivity contribution >= 4 is 17.9 Å². The zero-order valence-corrected chi connectivity index (χ0v) is 31.2. The number of carboxylic acids is 1. The maximum Gasteiger partial charge on any atom is 0.307 e. The summed E-state index contributed by atoms with van der Waals surface area (Å²) in [5.41, 5.74) is -1.04. The predicted molar refractivity (Wildman–Crippen MR) is 186 cm³/mol. The molecule has 276 valence electrons. The summed E-state index contributed by atoms with van der Waals surface area (Å²) in [4.78, 5) is 39.9. The van der Waals surface area contributed by atoms with Crippen molar-refractivity contribution in [2.75, 3.05) is 13.7 Å². The molecule has 0 amide bonds. The van der Waals surface area contributed by atoms with Gasteiger partial charge in [-0.3, -0.25) is 14.4 Å². The predicted octanol–water partition coefficient (Wildman–Crippen LogP) is 8.99. The first-order chi connectivity index (χ1) is 22.6. The molecule has 1 aromatic rings. The van der Waals surface area contributed by atoms with E-state index >= 15 is 0 Å². The molecule has 0 aromatic carbocycles. The van der Waals surface area contributed by atoms with Gasteiger partial charge in [-0.05, 0) is 66.2 Å². The van der Waals surface area contributed by atoms with Gasteiger partial charge in [-0.2, -0.15) is 4.98 Å². The molecule has 2 aliphatic carbocycles. The number of aromatic nitrogens is 2. The van der Waals surface area contributed by atoms with Gasteiger partial charge >= 0.3 is 17.9 Å². The van der Waals surface area contributed by atoms with Crippen LogP contribution in [0.15, 0.2) is 4.52 Å². The van der Waals surface area contributed by atoms with Gasteiger partial charge in [0.2, 0.25) is 5.89 Å². The van der Waals surface area contributed by atoms with Crippen molar-refractivity contribution in [3.63, 3.8) is 0 Å². The Labute approximate surface area is 289 Å². The summed E-state index contributed by atoms with van der Waals surface area (Å²) in [6.07, 6.45) is 19.9. The van der Waals surface area contributed by atoms with Crippen molar-refractivity contribution in [2.45, 2.75) is 181 Å². The molecule has 48 heavy (non-hydrogen) atoms. The van der Waals surface area contributed by atoms with Gasteiger partial charge in [0.25, 0.3) is 0 Å². The first-order valence-electron chi connectivity index (χ1n) is 18.6. The summed E-state index contributed by atoms with van der Waals surface area (Å²) in [5, 5.41) is 13.3. The van der Waals surface area contributed by atoms with Crippen LogP contribution in [0.2, 0.25) is 0 Å². The molecule has 1 aromatic heterocycles. The number of rotatable bonds is 17. The molecule has 2 saturated carbocycles. The fourth-order valence-corrected chi connectivity index (χ4v) is 6.78. The van der Waals surface area contributed by atoms with Crippen LogP contribution in [0.4, 0.5) is 0 Å². The van der Waals surface area contributed by atoms with Gasteiger partial charge in [0.15, 0.2) is 5.82 Å². The number of aliphatic carboxylic acids is 1. The Balaban J connectivity index is 0.000000345. The van der Waals surface area contributed by atoms with Crippen LogP contribution < -0.4 is 0 Å². The number of carboxylic acid groups (broad SMARTS) is 1. The Kier molecular flexibility index (Phi) is 18.7. The number of hydrogen-bond donors (Lipinski definition) is 1. The number of esters is 2. The molecule has 0 bridgehead atoms. The molecule has 3 rings (SSSR count). The third-order valence-electron chi connectivity index (χ3n) is 9.16. The van der Waals surface area contributed by atoms with Crippen LogP contribution in [0, 0.1) is 17.8 Å². The highest BCUT2D eigenvalue weighted by Crippen LogP contribution is 2.32. The third-order valence-corrected chi connectivity index (χ3v) is 9.16. The van der Waals surface area contributed by atoms with E-state index in [-0.39, 0.29) is 24.7 Å². The van der Waals surface area contributed by atoms with E-state index in [4.69, 9.17) is 18.7 Å². The van der Waals surface area contributed by atoms with Crippen molar-refractivity contribution in [1.29, 1.82) is 0 Å². The van der Waals surface area contributed by atoms with Gasteiger partial charge in [0.1, 0.15) is 11.2 Å². The first-order valence-corrected chi connectivity index (χ1v) is 18.6. The van der Waals surface area contributed by atoms with Crippen molar-refractivity contribution < 1.29 is 38.2 Å². The lowest BCUT2D eigenvalue weighted by atomic mass is 9.84. The Hall–Kier alpha value is -2.49. The quantitative estimate of drug-likeness (QED) is 0.159. The summed E-state index contributed by atoms with van der Waals surface area (Å²) in [6.45, 7) is 11.6. The summed E-state index contributed by atoms with van der Waals surface area (Å²) in [6, 6.07) is 0. The molecule has 0 unspecified atom stereocenters. The molecule has 0 aliphatic heterocycles. The highest BCUT2D eigenvalue weighted by molar-refractivity contribution is 5.78. The number of carbonyl (C=O) groups is 3. The minimum absolute atomic E-state index is 0.0166. The fourth-order valence-electron chi connectivity index (χ4n) is 6.78. The lowest BCUT2D eigenvalue weighted by Gasteiger charge is -2.23. The van der Waals surface area contributed by atoms with E-state index in [9.17, 15) is 19.5 Å². The lowest BCUT2D eigenvalue weighted by molar-refractivity contribution is -0.160. The normalized spacial score (nSPS) is 17.6. The minimum Gasteiger partial charge on any atom is -0.481 e. The number of carbonyl (C=O) groups excluding carboxylic acids is 2. The zero-order valence-electron chi connectivity index (χ0n) is 31.2. The molecule has 2 atom stereocenters. The van der Waals surface area contributed by atoms with E-state index in [0.717, 1.165) is 37.5 Å². The Morgan fingerprint density at radius 3 is 1.77 bits per heavy atom. The van der Waals surface area contributed by atoms with Crippen molar-refractivity contribution in [3.8, 4) is 0 Å². The van der Waals surface area contributed by atoms with E-state index in [1.165, 1.54) is 70.6 Å². The standard InChI is InChI=1S/C21H36N2O4.C17H30O4/c1-21(2,3)26-19(24)15-17(12-8-11-16-9-6-5-7-10-16)20-22-18(23-27-20)13-14-25-4;1-17(2,3)21-15(18)12-14(16(19)20)11-7-10-13-8-5-4-6-9-13/h16-17H,5-15H2,1-4H3;13-14H,4-12H2,1-3H3,(H,19,20)/t17-;14-/m11/s1. The largest absolute Gasteiger partial charge is 0.481 e. The minimum atomic E-state index is -0.885. The Morgan fingerprint density at radius 2 is 1.29 bits per heavy atom. The zero-order chi connectivity index (χ0) is 35.6. The summed E-state index contributed by atoms with van der Waals surface area (Å²) in [7, 11) is 1.65. The SMILES string of the molecule is CC(C)(C)OC(=O)C[C@@H](CCCC1CCCCC1)C(=O)O.COCCc1noc([C@H](CCCC2CCCCC2)CC(=O)OC(C)(C)C)n1. The molecular weight excluding hydrogens is 612 g/mol. The average Bonchev–Trinajstić information content (AvgIpc) is 3.47. The molecule has 10 nitrogen and oxygen atoms in total. The van der Waals surface area contributed by atoms with Crippen molar-refractivity contribution in [3.05, 3.63) is 11.7 Å². The molecule has 0 spiro atoms. The third kappa shape index (κ3) is 18.9. The van der Waals surface area contributed by atoms with Crippen LogP contribution in [0.5, 0.6) is 0 Å². The van der Waals surface area contributed by atoms with Crippen LogP contribution in [0.3, 0.4) is 0 Å². The summed E-state index contributed by atoms with van der Waals surface area (Å²) in [5.74, 6) is 0.592. The van der Waals surface area contributed by atoms with Gasteiger partial charge in [-0.25, -0.2) is 0 Å². The molecule has 2 fully saturated rings. The number of methoxy groups -OCH3 is 1. The van der Waals surface area contributed by atoms with E-state index in [1.807, 2.05) is 20.8 Å². The molecule has 2 aliphatic rings. The number of hydrogen-bond acceptors (Lipinski definition) is 9. The molecule has 1 N–H and O–H groups in total. The topological polar surface area (TPSA) is 138 Å². The highest BCUT2D eigenvalue weighted by Gasteiger charge is 2.27. The molecule has 1 heterocycles. The van der Waals surface area contributed by atoms with Crippen molar-refractivity contribution in [1.82, 2.24) is 10.1 Å². The highest BCUT2D eigenvalue weighted by atomic mass is 16.6. The summed E-state index contributed by atoms with van der Waals surface area (Å²) >= 11 is 0. The lowest BCUT2D eigenvalue weighted by Crippen LogP contribution is -2.27. The second-order valence-corrected chi connectivity index (χ2v) is 16.0. The van der Waals surface area contributed by atoms with Gasteiger partial charge in [-0.15, -0.1) is 0 Å². The van der Waals surface area contributed by atoms with E-state index in [0.29, 0.717) is 31.2 Å². The fraction of sp³-hybridized carbons (Fsp3) is 0.868. The number of ether oxygens (including phenoxy) is 3. The molecule has 10 heteroatoms. The van der Waals surface area contributed by atoms with Crippen LogP contribution in [0.25, 0.3) is 0 Å². The summed E-state index contributed by atoms with van der Waals surface area (Å²) < 4.78 is 21.3. The van der Waals surface area contributed by atoms with Crippen LogP contribution >= 0.6 is 0 Å². The molecular formula is C38H66N2O8. The average molecular weight is 679 g/mol. The maximum absolute atomic E-state index is 12.4. The second kappa shape index (κ2) is 21.6. The van der Waals surface area contributed by atoms with E-state index in [2.05, 4.69) is 10.1 Å². The van der Waals surface area contributed by atoms with E-state index in [1.54, 1.807) is 27.9 Å². The second-order valence-electron chi connectivity index (χ2n) is 16.0. The van der Waals surface area contributed by atoms with Crippen LogP contribution in [-0.2, 0) is 35.0 Å². The van der Waals surface area contributed by atoms with Crippen LogP contribution in [0.1, 0.15) is 175 Å². The first kappa shape index (κ1) is 41.7. The molecule has 0 saturated heterocycles. The van der Waals surface area contributed by atoms with Gasteiger partial charge in [0, 0.05) is 19.4 Å². The number of nitrogens with zero attached hydrogens (tertiary/aromatic N) is 2. The van der Waals surface area contributed by atoms with Gasteiger partial charge in [-0.1, -0.05) is 95.0 Å². The maximum atomic E-state index is 12.4. The van der Waals surface area contributed by atoms with Crippen molar-refractivity contribution in [2.24, 2.45) is 17.8 Å². The molecule has 0 radical (unpaired) electrons. The van der Waals surface area contributed by atoms with E-state index < -0.39 is 29.1 Å². The smallest absolute Gasteiger partial charge is 0.307 e. The van der Waals surface area contributed by atoms with Crippen LogP contribution in [-0.4, -0.2) is 58.1 Å². The monoisotopic (exact) mass is 678 g/mol. The van der Waals surface area contributed by atoms with Gasteiger partial charge < -0.3 is 23.8 Å². The Bertz CT molecular complexity index is 1060. The van der Waals surface area contributed by atoms with Gasteiger partial charge in [0.05, 0.1) is 25.4 Å². The Morgan fingerprint density at radius 1 is 0.792 bits per heavy atom.